The Kier molecular flexibility index (Phi) is 19.8. The van der Waals surface area contributed by atoms with Crippen LogP contribution < -0.4 is 25.2 Å². The summed E-state index contributed by atoms with van der Waals surface area (Å²) in [6.07, 6.45) is -10.2. The van der Waals surface area contributed by atoms with Gasteiger partial charge in [0.15, 0.2) is 5.75 Å². The number of alkyl halides is 7. The van der Waals surface area contributed by atoms with Gasteiger partial charge in [0.1, 0.15) is 25.2 Å². The van der Waals surface area contributed by atoms with Gasteiger partial charge in [-0.15, -0.1) is 26.3 Å². The molecule has 0 unspecified atom stereocenters. The summed E-state index contributed by atoms with van der Waals surface area (Å²) in [6.45, 7) is 4.32. The molecule has 0 bridgehead atoms. The van der Waals surface area contributed by atoms with Crippen molar-refractivity contribution in [2.45, 2.75) is 32.2 Å². The first kappa shape index (κ1) is 50.9. The van der Waals surface area contributed by atoms with E-state index in [1.807, 2.05) is 10.6 Å². The van der Waals surface area contributed by atoms with Crippen molar-refractivity contribution in [1.29, 1.82) is 0 Å². The summed E-state index contributed by atoms with van der Waals surface area (Å²) < 4.78 is 101. The fourth-order valence-corrected chi connectivity index (χ4v) is 9.30. The summed E-state index contributed by atoms with van der Waals surface area (Å²) in [6, 6.07) is 15.2. The first-order valence-electron chi connectivity index (χ1n) is 15.5. The zero-order chi connectivity index (χ0) is 44.7. The van der Waals surface area contributed by atoms with Crippen LogP contribution in [0, 0.1) is 3.57 Å². The number of hydrogen-bond acceptors (Lipinski definition) is 13. The smallest absolute Gasteiger partial charge is 0.453 e. The minimum absolute atomic E-state index is 0.0316. The van der Waals surface area contributed by atoms with Crippen molar-refractivity contribution in [3.05, 3.63) is 89.9 Å². The van der Waals surface area contributed by atoms with E-state index in [0.717, 1.165) is 26.5 Å². The molecular formula is C33H32Br3F6IN6O10. The third kappa shape index (κ3) is 17.9. The molecule has 16 nitrogen and oxygen atoms in total. The predicted octanol–water partition coefficient (Wildman–Crippen LogP) is 10.8. The number of aromatic nitrogens is 3. The number of halogens is 10. The van der Waals surface area contributed by atoms with Crippen LogP contribution in [0.2, 0.25) is 0 Å². The van der Waals surface area contributed by atoms with Gasteiger partial charge < -0.3 is 23.7 Å². The van der Waals surface area contributed by atoms with Gasteiger partial charge in [-0.3, -0.25) is 15.8 Å². The van der Waals surface area contributed by atoms with Gasteiger partial charge >= 0.3 is 112 Å². The second-order valence-electron chi connectivity index (χ2n) is 10.9. The zero-order valence-corrected chi connectivity index (χ0v) is 38.0. The topological polar surface area (TPSA) is 193 Å². The number of rotatable bonds is 5. The molecule has 3 N–H and O–H groups in total. The molecule has 0 saturated carbocycles. The fraction of sp³-hybridized carbons (Fsp3) is 0.273. The van der Waals surface area contributed by atoms with Gasteiger partial charge in [-0.05, 0) is 72.1 Å². The number of carbonyl (C=O) groups is 3. The van der Waals surface area contributed by atoms with E-state index in [1.165, 1.54) is 40.6 Å². The number of hydrogen-bond donors (Lipinski definition) is 3. The molecule has 3 amide bonds. The minimum Gasteiger partial charge on any atom is -0.453 e. The largest absolute Gasteiger partial charge is 0.574 e. The number of nitrogens with one attached hydrogen (secondary N) is 2. The molecule has 0 atom stereocenters. The van der Waals surface area contributed by atoms with E-state index in [0.29, 0.717) is 9.67 Å². The molecule has 0 saturated heterocycles. The fourth-order valence-electron chi connectivity index (χ4n) is 3.98. The maximum atomic E-state index is 12.1. The van der Waals surface area contributed by atoms with Crippen molar-refractivity contribution in [3.8, 4) is 11.6 Å². The van der Waals surface area contributed by atoms with Crippen LogP contribution in [0.1, 0.15) is 19.4 Å². The van der Waals surface area contributed by atoms with E-state index in [2.05, 4.69) is 129 Å². The Morgan fingerprint density at radius 1 is 0.780 bits per heavy atom. The van der Waals surface area contributed by atoms with Crippen molar-refractivity contribution < 1.29 is 72.7 Å². The molecule has 0 spiro atoms. The molecule has 26 heteroatoms. The number of fused-ring (bicyclic) bond motifs is 1. The number of benzene rings is 1. The molecule has 1 aliphatic rings. The Bertz CT molecular complexity index is 1960. The normalized spacial score (nSPS) is 12.9. The Balaban J connectivity index is 0.000000274. The second-order valence-corrected chi connectivity index (χ2v) is 17.4. The first-order valence-corrected chi connectivity index (χ1v) is 22.0. The zero-order valence-electron chi connectivity index (χ0n) is 31.0. The van der Waals surface area contributed by atoms with Crippen LogP contribution in [-0.4, -0.2) is 77.4 Å². The monoisotopic (exact) mass is 1150 g/mol. The Morgan fingerprint density at radius 3 is 1.86 bits per heavy atom. The molecule has 0 radical (unpaired) electrons. The van der Waals surface area contributed by atoms with Crippen molar-refractivity contribution in [2.24, 2.45) is 0 Å². The number of anilines is 3. The summed E-state index contributed by atoms with van der Waals surface area (Å²) in [7, 11) is 3.33. The van der Waals surface area contributed by atoms with Crippen molar-refractivity contribution in [1.82, 2.24) is 15.0 Å². The van der Waals surface area contributed by atoms with Gasteiger partial charge in [0.05, 0.1) is 39.4 Å². The standard InChI is InChI=1S/C10H13IO.2C8H6BrF3N2O3.C7H7BrN2O3/c1-10(2)8-6-4-5-7-9(8)11(3)12-10;1-16-7(15)14-4-3-13-6(9)2-5(4)17-8(10,11)12;1-16-7(15)13-4-2-3-5(9)14-6(4)17-8(10,11)12;1-13-7(11)10(12)5-2-3-6(8)9-4-5/h4-7H,1-3H3;2-3H,1H3,(H,14,15);2-3H,1H3,(H,13,15);2-4,12H,1H3. The number of hydroxylamine groups is 1. The van der Waals surface area contributed by atoms with E-state index in [-0.39, 0.29) is 31.9 Å². The maximum Gasteiger partial charge on any atom is 0.574 e. The quantitative estimate of drug-likeness (QED) is 0.0325. The third-order valence-corrected chi connectivity index (χ3v) is 12.0. The van der Waals surface area contributed by atoms with Crippen molar-refractivity contribution in [2.75, 3.05) is 42.0 Å². The van der Waals surface area contributed by atoms with Crippen molar-refractivity contribution in [3.63, 3.8) is 0 Å². The Hall–Kier alpha value is -4.25. The molecule has 1 aliphatic heterocycles. The van der Waals surface area contributed by atoms with Crippen LogP contribution in [-0.2, 0) is 22.9 Å². The van der Waals surface area contributed by atoms with Crippen molar-refractivity contribution >= 4 is 103 Å². The summed E-state index contributed by atoms with van der Waals surface area (Å²) in [5, 5.41) is 13.6. The summed E-state index contributed by atoms with van der Waals surface area (Å²) >= 11 is 7.65. The molecule has 0 fully saturated rings. The Morgan fingerprint density at radius 2 is 1.34 bits per heavy atom. The van der Waals surface area contributed by atoms with Crippen LogP contribution in [0.5, 0.6) is 11.6 Å². The van der Waals surface area contributed by atoms with Gasteiger partial charge in [-0.2, -0.15) is 5.06 Å². The number of amides is 3. The van der Waals surface area contributed by atoms with E-state index < -0.39 is 62.9 Å². The molecule has 59 heavy (non-hydrogen) atoms. The number of ether oxygens (including phenoxy) is 5. The molecule has 5 rings (SSSR count). The van der Waals surface area contributed by atoms with Gasteiger partial charge in [-0.1, -0.05) is 0 Å². The summed E-state index contributed by atoms with van der Waals surface area (Å²) in [4.78, 5) is 45.8. The maximum absolute atomic E-state index is 12.1. The SMILES string of the molecule is CI1OC(C)(C)c2ccccc21.COC(=O)N(O)c1ccc(Br)nc1.COC(=O)Nc1ccc(Br)nc1OC(F)(F)F.COC(=O)Nc1cnc(Br)cc1OC(F)(F)F. The van der Waals surface area contributed by atoms with Gasteiger partial charge in [-0.25, -0.2) is 29.3 Å². The van der Waals surface area contributed by atoms with Gasteiger partial charge in [0.25, 0.3) is 0 Å². The van der Waals surface area contributed by atoms with Crippen LogP contribution in [0.4, 0.5) is 57.8 Å². The number of nitrogens with zero attached hydrogens (tertiary/aromatic N) is 4. The molecule has 4 heterocycles. The van der Waals surface area contributed by atoms with E-state index in [1.54, 1.807) is 6.07 Å². The summed E-state index contributed by atoms with van der Waals surface area (Å²) in [5.74, 6) is -1.37. The summed E-state index contributed by atoms with van der Waals surface area (Å²) in [5.41, 5.74) is 1.11. The second kappa shape index (κ2) is 22.9. The van der Waals surface area contributed by atoms with Crippen LogP contribution in [0.25, 0.3) is 0 Å². The number of methoxy groups -OCH3 is 3. The predicted molar refractivity (Wildman–Crippen MR) is 217 cm³/mol. The average molecular weight is 1150 g/mol. The molecule has 324 valence electrons. The Labute approximate surface area is 364 Å². The molecule has 0 aliphatic carbocycles. The van der Waals surface area contributed by atoms with Gasteiger partial charge in [0, 0.05) is 6.07 Å². The first-order chi connectivity index (χ1) is 27.4. The number of pyridine rings is 3. The van der Waals surface area contributed by atoms with Gasteiger partial charge in [0.2, 0.25) is 5.88 Å². The number of carbonyl (C=O) groups excluding carboxylic acids is 3. The van der Waals surface area contributed by atoms with Crippen LogP contribution in [0.3, 0.4) is 0 Å². The minimum atomic E-state index is -4.90. The van der Waals surface area contributed by atoms with Crippen LogP contribution >= 0.6 is 68.0 Å². The van der Waals surface area contributed by atoms with E-state index in [4.69, 9.17) is 3.07 Å². The van der Waals surface area contributed by atoms with E-state index in [9.17, 15) is 45.9 Å². The average Bonchev–Trinajstić information content (AvgIpc) is 3.40. The van der Waals surface area contributed by atoms with E-state index >= 15 is 0 Å². The molecular weight excluding hydrogens is 1120 g/mol. The third-order valence-electron chi connectivity index (χ3n) is 6.36. The molecule has 3 aromatic heterocycles. The van der Waals surface area contributed by atoms with Crippen LogP contribution in [0.15, 0.2) is 80.8 Å². The molecule has 4 aromatic rings. The molecule has 1 aromatic carbocycles.